The Hall–Kier alpha value is -2.17. The Balaban J connectivity index is 1.82. The van der Waals surface area contributed by atoms with E-state index >= 15 is 0 Å². The summed E-state index contributed by atoms with van der Waals surface area (Å²) >= 11 is 12.0. The molecule has 1 heterocycles. The fourth-order valence-corrected chi connectivity index (χ4v) is 2.63. The van der Waals surface area contributed by atoms with Gasteiger partial charge in [0.15, 0.2) is 0 Å². The monoisotopic (exact) mass is 347 g/mol. The standard InChI is InChI=1S/C17H15Cl2N3O/c1-22-15(11-6-7-13(18)14(19)8-11)10-21-17(22)20-9-12-4-2-3-5-16(12)23/h2-8,10,23H,9H2,1H3,(H,20,21). The molecule has 23 heavy (non-hydrogen) atoms. The molecule has 2 N–H and O–H groups in total. The van der Waals surface area contributed by atoms with Crippen LogP contribution in [0.1, 0.15) is 5.56 Å². The van der Waals surface area contributed by atoms with Crippen LogP contribution in [0.25, 0.3) is 11.3 Å². The zero-order valence-corrected chi connectivity index (χ0v) is 13.9. The largest absolute Gasteiger partial charge is 0.508 e. The second kappa shape index (κ2) is 6.52. The van der Waals surface area contributed by atoms with Crippen LogP contribution in [0.15, 0.2) is 48.7 Å². The molecule has 0 atom stereocenters. The average molecular weight is 348 g/mol. The number of para-hydroxylation sites is 1. The number of anilines is 1. The third kappa shape index (κ3) is 3.28. The Kier molecular flexibility index (Phi) is 4.46. The minimum absolute atomic E-state index is 0.263. The molecule has 118 valence electrons. The van der Waals surface area contributed by atoms with Crippen molar-refractivity contribution in [1.82, 2.24) is 9.55 Å². The van der Waals surface area contributed by atoms with Gasteiger partial charge < -0.3 is 15.0 Å². The van der Waals surface area contributed by atoms with Gasteiger partial charge in [0, 0.05) is 24.7 Å². The molecule has 0 fully saturated rings. The summed E-state index contributed by atoms with van der Waals surface area (Å²) in [6, 6.07) is 12.7. The lowest BCUT2D eigenvalue weighted by molar-refractivity contribution is 0.469. The van der Waals surface area contributed by atoms with E-state index in [2.05, 4.69) is 10.3 Å². The molecule has 0 radical (unpaired) electrons. The SMILES string of the molecule is Cn1c(-c2ccc(Cl)c(Cl)c2)cnc1NCc1ccccc1O. The van der Waals surface area contributed by atoms with Gasteiger partial charge in [0.1, 0.15) is 5.75 Å². The predicted molar refractivity (Wildman–Crippen MR) is 94.1 cm³/mol. The number of rotatable bonds is 4. The summed E-state index contributed by atoms with van der Waals surface area (Å²) in [4.78, 5) is 4.38. The Morgan fingerprint density at radius 2 is 1.91 bits per heavy atom. The van der Waals surface area contributed by atoms with Gasteiger partial charge in [0.25, 0.3) is 0 Å². The number of phenols is 1. The van der Waals surface area contributed by atoms with Gasteiger partial charge in [-0.3, -0.25) is 0 Å². The first kappa shape index (κ1) is 15.7. The molecule has 3 aromatic rings. The number of imidazole rings is 1. The van der Waals surface area contributed by atoms with Crippen molar-refractivity contribution in [2.75, 3.05) is 5.32 Å². The van der Waals surface area contributed by atoms with Crippen molar-refractivity contribution in [2.24, 2.45) is 7.05 Å². The first-order valence-electron chi connectivity index (χ1n) is 7.04. The number of aromatic hydroxyl groups is 1. The van der Waals surface area contributed by atoms with E-state index in [1.54, 1.807) is 24.4 Å². The molecule has 3 rings (SSSR count). The van der Waals surface area contributed by atoms with Crippen LogP contribution < -0.4 is 5.32 Å². The lowest BCUT2D eigenvalue weighted by atomic mass is 10.2. The normalized spacial score (nSPS) is 10.7. The number of hydrogen-bond donors (Lipinski definition) is 2. The predicted octanol–water partition coefficient (Wildman–Crippen LogP) is 4.71. The summed E-state index contributed by atoms with van der Waals surface area (Å²) in [5.41, 5.74) is 2.67. The van der Waals surface area contributed by atoms with Gasteiger partial charge in [-0.15, -0.1) is 0 Å². The molecular weight excluding hydrogens is 333 g/mol. The molecule has 0 spiro atoms. The third-order valence-electron chi connectivity index (χ3n) is 3.63. The minimum Gasteiger partial charge on any atom is -0.508 e. The molecule has 0 saturated carbocycles. The molecule has 0 saturated heterocycles. The molecule has 0 amide bonds. The van der Waals surface area contributed by atoms with Crippen molar-refractivity contribution in [2.45, 2.75) is 6.54 Å². The van der Waals surface area contributed by atoms with E-state index in [4.69, 9.17) is 23.2 Å². The molecule has 0 aliphatic rings. The van der Waals surface area contributed by atoms with E-state index in [9.17, 15) is 5.11 Å². The van der Waals surface area contributed by atoms with Crippen molar-refractivity contribution in [3.63, 3.8) is 0 Å². The Morgan fingerprint density at radius 1 is 1.13 bits per heavy atom. The van der Waals surface area contributed by atoms with Gasteiger partial charge in [-0.2, -0.15) is 0 Å². The van der Waals surface area contributed by atoms with Gasteiger partial charge in [0.05, 0.1) is 21.9 Å². The fraction of sp³-hybridized carbons (Fsp3) is 0.118. The lowest BCUT2D eigenvalue weighted by Gasteiger charge is -2.10. The first-order chi connectivity index (χ1) is 11.1. The fourth-order valence-electron chi connectivity index (χ4n) is 2.33. The van der Waals surface area contributed by atoms with E-state index in [0.29, 0.717) is 22.5 Å². The maximum Gasteiger partial charge on any atom is 0.203 e. The highest BCUT2D eigenvalue weighted by atomic mass is 35.5. The van der Waals surface area contributed by atoms with E-state index in [0.717, 1.165) is 16.8 Å². The molecule has 4 nitrogen and oxygen atoms in total. The number of hydrogen-bond acceptors (Lipinski definition) is 3. The van der Waals surface area contributed by atoms with Crippen molar-refractivity contribution in [1.29, 1.82) is 0 Å². The zero-order valence-electron chi connectivity index (χ0n) is 12.4. The molecule has 6 heteroatoms. The summed E-state index contributed by atoms with van der Waals surface area (Å²) < 4.78 is 1.93. The Morgan fingerprint density at radius 3 is 2.65 bits per heavy atom. The van der Waals surface area contributed by atoms with E-state index in [-0.39, 0.29) is 5.75 Å². The van der Waals surface area contributed by atoms with Crippen LogP contribution >= 0.6 is 23.2 Å². The number of benzene rings is 2. The van der Waals surface area contributed by atoms with Crippen molar-refractivity contribution >= 4 is 29.2 Å². The molecule has 1 aromatic heterocycles. The van der Waals surface area contributed by atoms with Crippen LogP contribution in [0.4, 0.5) is 5.95 Å². The van der Waals surface area contributed by atoms with Gasteiger partial charge in [-0.05, 0) is 18.2 Å². The average Bonchev–Trinajstić information content (AvgIpc) is 2.90. The Bertz CT molecular complexity index is 846. The van der Waals surface area contributed by atoms with Crippen LogP contribution in [0.5, 0.6) is 5.75 Å². The highest BCUT2D eigenvalue weighted by molar-refractivity contribution is 6.42. The highest BCUT2D eigenvalue weighted by Crippen LogP contribution is 2.29. The molecule has 0 aliphatic heterocycles. The maximum atomic E-state index is 9.80. The molecule has 2 aromatic carbocycles. The van der Waals surface area contributed by atoms with E-state index in [1.165, 1.54) is 0 Å². The van der Waals surface area contributed by atoms with Crippen molar-refractivity contribution < 1.29 is 5.11 Å². The summed E-state index contributed by atoms with van der Waals surface area (Å²) in [5, 5.41) is 14.1. The summed E-state index contributed by atoms with van der Waals surface area (Å²) in [6.45, 7) is 0.484. The van der Waals surface area contributed by atoms with Crippen LogP contribution in [-0.4, -0.2) is 14.7 Å². The smallest absolute Gasteiger partial charge is 0.203 e. The highest BCUT2D eigenvalue weighted by Gasteiger charge is 2.10. The number of aromatic nitrogens is 2. The third-order valence-corrected chi connectivity index (χ3v) is 4.37. The number of phenolic OH excluding ortho intramolecular Hbond substituents is 1. The number of nitrogens with one attached hydrogen (secondary N) is 1. The topological polar surface area (TPSA) is 50.1 Å². The quantitative estimate of drug-likeness (QED) is 0.718. The molecule has 0 aliphatic carbocycles. The lowest BCUT2D eigenvalue weighted by Crippen LogP contribution is -2.05. The van der Waals surface area contributed by atoms with E-state index in [1.807, 2.05) is 35.9 Å². The molecule has 0 unspecified atom stereocenters. The summed E-state index contributed by atoms with van der Waals surface area (Å²) in [7, 11) is 1.91. The van der Waals surface area contributed by atoms with Crippen LogP contribution in [0.2, 0.25) is 10.0 Å². The minimum atomic E-state index is 0.263. The van der Waals surface area contributed by atoms with Gasteiger partial charge >= 0.3 is 0 Å². The van der Waals surface area contributed by atoms with Gasteiger partial charge in [-0.25, -0.2) is 4.98 Å². The number of nitrogens with zero attached hydrogens (tertiary/aromatic N) is 2. The molecular formula is C17H15Cl2N3O. The van der Waals surface area contributed by atoms with Crippen molar-refractivity contribution in [3.8, 4) is 17.0 Å². The number of halogens is 2. The zero-order chi connectivity index (χ0) is 16.4. The second-order valence-corrected chi connectivity index (χ2v) is 5.95. The summed E-state index contributed by atoms with van der Waals surface area (Å²) in [6.07, 6.45) is 1.77. The van der Waals surface area contributed by atoms with Crippen LogP contribution in [0.3, 0.4) is 0 Å². The van der Waals surface area contributed by atoms with Crippen LogP contribution in [-0.2, 0) is 13.6 Å². The second-order valence-electron chi connectivity index (χ2n) is 5.14. The van der Waals surface area contributed by atoms with Crippen molar-refractivity contribution in [3.05, 3.63) is 64.3 Å². The van der Waals surface area contributed by atoms with Gasteiger partial charge in [0.2, 0.25) is 5.95 Å². The van der Waals surface area contributed by atoms with Crippen LogP contribution in [0, 0.1) is 0 Å². The van der Waals surface area contributed by atoms with E-state index < -0.39 is 0 Å². The molecule has 0 bridgehead atoms. The summed E-state index contributed by atoms with van der Waals surface area (Å²) in [5.74, 6) is 0.966. The maximum absolute atomic E-state index is 9.80. The van der Waals surface area contributed by atoms with Gasteiger partial charge in [-0.1, -0.05) is 47.5 Å². The first-order valence-corrected chi connectivity index (χ1v) is 7.79. The Labute approximate surface area is 144 Å².